The Hall–Kier alpha value is -0.970. The van der Waals surface area contributed by atoms with Crippen molar-refractivity contribution in [1.29, 1.82) is 0 Å². The number of carbonyl (C=O) groups is 1. The van der Waals surface area contributed by atoms with Crippen molar-refractivity contribution in [3.8, 4) is 5.75 Å². The largest absolute Gasteiger partial charge is 0.489 e. The summed E-state index contributed by atoms with van der Waals surface area (Å²) in [6, 6.07) is 4.82. The van der Waals surface area contributed by atoms with Crippen LogP contribution in [-0.2, 0) is 4.79 Å². The molecule has 0 aliphatic carbocycles. The minimum Gasteiger partial charge on any atom is -0.489 e. The van der Waals surface area contributed by atoms with Crippen LogP contribution in [0.1, 0.15) is 6.42 Å². The maximum absolute atomic E-state index is 10.7. The van der Waals surface area contributed by atoms with Gasteiger partial charge in [0.05, 0.1) is 22.5 Å². The van der Waals surface area contributed by atoms with Crippen LogP contribution in [0.3, 0.4) is 0 Å². The summed E-state index contributed by atoms with van der Waals surface area (Å²) in [4.78, 5) is 12.5. The number of carboxylic acids is 1. The zero-order chi connectivity index (χ0) is 13.7. The van der Waals surface area contributed by atoms with Gasteiger partial charge >= 0.3 is 5.97 Å². The number of likely N-dealkylation sites (N-methyl/N-ethyl adjacent to an activating group) is 1. The number of para-hydroxylation sites is 1. The lowest BCUT2D eigenvalue weighted by atomic mass is 10.2. The van der Waals surface area contributed by atoms with E-state index in [2.05, 4.69) is 0 Å². The molecule has 1 atom stereocenters. The first kappa shape index (κ1) is 15.1. The highest BCUT2D eigenvalue weighted by Crippen LogP contribution is 2.32. The van der Waals surface area contributed by atoms with Crippen molar-refractivity contribution in [2.45, 2.75) is 12.5 Å². The number of hydrogen-bond acceptors (Lipinski definition) is 3. The molecule has 1 unspecified atom stereocenters. The topological polar surface area (TPSA) is 49.8 Å². The minimum atomic E-state index is -0.873. The molecule has 0 aliphatic rings. The lowest BCUT2D eigenvalue weighted by molar-refractivity contribution is -0.138. The van der Waals surface area contributed by atoms with Gasteiger partial charge in [0.1, 0.15) is 6.61 Å². The molecule has 18 heavy (non-hydrogen) atoms. The highest BCUT2D eigenvalue weighted by Gasteiger charge is 2.17. The second kappa shape index (κ2) is 6.83. The third-order valence-electron chi connectivity index (χ3n) is 2.48. The summed E-state index contributed by atoms with van der Waals surface area (Å²) in [5.74, 6) is -0.486. The molecule has 6 heteroatoms. The molecule has 0 aliphatic heterocycles. The monoisotopic (exact) mass is 291 g/mol. The summed E-state index contributed by atoms with van der Waals surface area (Å²) in [5.41, 5.74) is 0. The molecular weight excluding hydrogens is 277 g/mol. The van der Waals surface area contributed by atoms with Gasteiger partial charge in [-0.15, -0.1) is 0 Å². The molecular formula is C12H15Cl2NO3. The lowest BCUT2D eigenvalue weighted by Crippen LogP contribution is -2.35. The zero-order valence-corrected chi connectivity index (χ0v) is 11.7. The molecule has 1 N–H and O–H groups in total. The van der Waals surface area contributed by atoms with Gasteiger partial charge in [0, 0.05) is 0 Å². The number of carboxylic acid groups (broad SMARTS) is 1. The fraction of sp³-hybridized carbons (Fsp3) is 0.417. The van der Waals surface area contributed by atoms with Crippen LogP contribution in [0.4, 0.5) is 0 Å². The van der Waals surface area contributed by atoms with E-state index >= 15 is 0 Å². The van der Waals surface area contributed by atoms with Crippen molar-refractivity contribution >= 4 is 29.2 Å². The maximum Gasteiger partial charge on any atom is 0.305 e. The summed E-state index contributed by atoms with van der Waals surface area (Å²) in [6.45, 7) is 0.211. The first-order chi connectivity index (χ1) is 8.41. The van der Waals surface area contributed by atoms with Crippen molar-refractivity contribution in [2.24, 2.45) is 0 Å². The highest BCUT2D eigenvalue weighted by atomic mass is 35.5. The van der Waals surface area contributed by atoms with Gasteiger partial charge in [0.2, 0.25) is 0 Å². The van der Waals surface area contributed by atoms with E-state index in [1.54, 1.807) is 37.2 Å². The minimum absolute atomic E-state index is 0.00489. The Kier molecular flexibility index (Phi) is 5.72. The normalized spacial score (nSPS) is 12.5. The van der Waals surface area contributed by atoms with Crippen molar-refractivity contribution in [3.05, 3.63) is 28.2 Å². The Balaban J connectivity index is 2.70. The Morgan fingerprint density at radius 2 is 1.94 bits per heavy atom. The first-order valence-electron chi connectivity index (χ1n) is 5.37. The Morgan fingerprint density at radius 3 is 2.39 bits per heavy atom. The van der Waals surface area contributed by atoms with Gasteiger partial charge < -0.3 is 14.7 Å². The zero-order valence-electron chi connectivity index (χ0n) is 10.2. The van der Waals surface area contributed by atoms with Crippen LogP contribution in [-0.4, -0.2) is 42.7 Å². The Morgan fingerprint density at radius 1 is 1.39 bits per heavy atom. The van der Waals surface area contributed by atoms with Gasteiger partial charge in [0.25, 0.3) is 0 Å². The summed E-state index contributed by atoms with van der Waals surface area (Å²) < 4.78 is 5.52. The van der Waals surface area contributed by atoms with Gasteiger partial charge in [-0.1, -0.05) is 29.3 Å². The predicted octanol–water partition coefficient (Wildman–Crippen LogP) is 2.78. The van der Waals surface area contributed by atoms with E-state index in [4.69, 9.17) is 33.0 Å². The van der Waals surface area contributed by atoms with E-state index in [1.807, 2.05) is 0 Å². The quantitative estimate of drug-likeness (QED) is 0.876. The Bertz CT molecular complexity index is 404. The van der Waals surface area contributed by atoms with Crippen LogP contribution in [0, 0.1) is 0 Å². The van der Waals surface area contributed by atoms with Crippen LogP contribution < -0.4 is 4.74 Å². The lowest BCUT2D eigenvalue weighted by Gasteiger charge is -2.23. The molecule has 4 nitrogen and oxygen atoms in total. The van der Waals surface area contributed by atoms with E-state index in [0.29, 0.717) is 15.8 Å². The summed E-state index contributed by atoms with van der Waals surface area (Å²) >= 11 is 11.9. The van der Waals surface area contributed by atoms with Crippen LogP contribution in [0.15, 0.2) is 18.2 Å². The van der Waals surface area contributed by atoms with Crippen LogP contribution in [0.5, 0.6) is 5.75 Å². The Labute approximate surface area is 116 Å². The molecule has 0 saturated carbocycles. The molecule has 0 amide bonds. The molecule has 0 spiro atoms. The fourth-order valence-electron chi connectivity index (χ4n) is 1.39. The fourth-order valence-corrected chi connectivity index (χ4v) is 1.90. The number of ether oxygens (including phenoxy) is 1. The highest BCUT2D eigenvalue weighted by molar-refractivity contribution is 6.37. The number of benzene rings is 1. The van der Waals surface area contributed by atoms with Crippen LogP contribution >= 0.6 is 23.2 Å². The number of hydrogen-bond donors (Lipinski definition) is 1. The first-order valence-corrected chi connectivity index (χ1v) is 6.12. The van der Waals surface area contributed by atoms with E-state index in [9.17, 15) is 4.79 Å². The van der Waals surface area contributed by atoms with Gasteiger partial charge in [-0.3, -0.25) is 4.79 Å². The van der Waals surface area contributed by atoms with E-state index in [0.717, 1.165) is 0 Å². The SMILES string of the molecule is CN(C)C(COc1c(Cl)cccc1Cl)CC(=O)O. The van der Waals surface area contributed by atoms with Gasteiger partial charge in [-0.25, -0.2) is 0 Å². The number of rotatable bonds is 6. The van der Waals surface area contributed by atoms with E-state index in [-0.39, 0.29) is 19.1 Å². The molecule has 1 aromatic rings. The molecule has 1 aromatic carbocycles. The maximum atomic E-state index is 10.7. The van der Waals surface area contributed by atoms with Crippen LogP contribution in [0.25, 0.3) is 0 Å². The molecule has 0 saturated heterocycles. The van der Waals surface area contributed by atoms with Crippen molar-refractivity contribution in [2.75, 3.05) is 20.7 Å². The predicted molar refractivity (Wildman–Crippen MR) is 71.7 cm³/mol. The average Bonchev–Trinajstić information content (AvgIpc) is 2.26. The molecule has 100 valence electrons. The molecule has 0 aromatic heterocycles. The standard InChI is InChI=1S/C12H15Cl2NO3/c1-15(2)8(6-11(16)17)7-18-12-9(13)4-3-5-10(12)14/h3-5,8H,6-7H2,1-2H3,(H,16,17). The van der Waals surface area contributed by atoms with Crippen LogP contribution in [0.2, 0.25) is 10.0 Å². The number of halogens is 2. The van der Waals surface area contributed by atoms with Crippen molar-refractivity contribution in [1.82, 2.24) is 4.90 Å². The average molecular weight is 292 g/mol. The van der Waals surface area contributed by atoms with Crippen molar-refractivity contribution in [3.63, 3.8) is 0 Å². The third-order valence-corrected chi connectivity index (χ3v) is 3.07. The number of aliphatic carboxylic acids is 1. The smallest absolute Gasteiger partial charge is 0.305 e. The third kappa shape index (κ3) is 4.37. The van der Waals surface area contributed by atoms with E-state index in [1.165, 1.54) is 0 Å². The summed E-state index contributed by atoms with van der Waals surface area (Å²) in [5, 5.41) is 9.63. The summed E-state index contributed by atoms with van der Waals surface area (Å²) in [7, 11) is 3.59. The molecule has 0 heterocycles. The molecule has 0 bridgehead atoms. The second-order valence-corrected chi connectivity index (χ2v) is 4.89. The van der Waals surface area contributed by atoms with Gasteiger partial charge in [-0.05, 0) is 26.2 Å². The molecule has 1 rings (SSSR count). The van der Waals surface area contributed by atoms with Crippen molar-refractivity contribution < 1.29 is 14.6 Å². The van der Waals surface area contributed by atoms with E-state index < -0.39 is 5.97 Å². The van der Waals surface area contributed by atoms with Gasteiger partial charge in [-0.2, -0.15) is 0 Å². The molecule has 0 radical (unpaired) electrons. The summed E-state index contributed by atoms with van der Waals surface area (Å²) in [6.07, 6.45) is -0.00489. The van der Waals surface area contributed by atoms with Gasteiger partial charge in [0.15, 0.2) is 5.75 Å². The number of nitrogens with zero attached hydrogens (tertiary/aromatic N) is 1. The second-order valence-electron chi connectivity index (χ2n) is 4.08. The molecule has 0 fully saturated rings.